The molecule has 0 fully saturated rings. The Hall–Kier alpha value is -2.05. The molecule has 2 amide bonds. The van der Waals surface area contributed by atoms with Crippen molar-refractivity contribution in [1.82, 2.24) is 5.32 Å². The van der Waals surface area contributed by atoms with E-state index < -0.39 is 6.10 Å². The van der Waals surface area contributed by atoms with E-state index in [2.05, 4.69) is 10.6 Å². The largest absolute Gasteiger partial charge is 0.491 e. The smallest absolute Gasteiger partial charge is 0.319 e. The molecule has 23 heavy (non-hydrogen) atoms. The van der Waals surface area contributed by atoms with E-state index in [1.165, 1.54) is 11.3 Å². The summed E-state index contributed by atoms with van der Waals surface area (Å²) in [6.45, 7) is 6.03. The normalized spacial score (nSPS) is 12.0. The molecule has 0 saturated heterocycles. The monoisotopic (exact) mass is 334 g/mol. The van der Waals surface area contributed by atoms with Crippen LogP contribution in [0.25, 0.3) is 0 Å². The Morgan fingerprint density at radius 3 is 2.48 bits per heavy atom. The lowest BCUT2D eigenvalue weighted by molar-refractivity contribution is 0.175. The number of aliphatic hydroxyl groups is 1. The average molecular weight is 334 g/mol. The lowest BCUT2D eigenvalue weighted by Gasteiger charge is -2.14. The van der Waals surface area contributed by atoms with Gasteiger partial charge >= 0.3 is 6.03 Å². The molecule has 0 bridgehead atoms. The number of aryl methyl sites for hydroxylation is 1. The maximum Gasteiger partial charge on any atom is 0.319 e. The van der Waals surface area contributed by atoms with E-state index in [1.54, 1.807) is 12.1 Å². The summed E-state index contributed by atoms with van der Waals surface area (Å²) in [6, 6.07) is 10.7. The van der Waals surface area contributed by atoms with Gasteiger partial charge in [0.1, 0.15) is 5.75 Å². The Balaban J connectivity index is 1.81. The second kappa shape index (κ2) is 7.99. The van der Waals surface area contributed by atoms with Crippen LogP contribution in [0.15, 0.2) is 36.4 Å². The van der Waals surface area contributed by atoms with Crippen LogP contribution < -0.4 is 15.4 Å². The summed E-state index contributed by atoms with van der Waals surface area (Å²) < 4.78 is 5.56. The zero-order chi connectivity index (χ0) is 16.8. The second-order valence-corrected chi connectivity index (χ2v) is 6.78. The SMILES string of the molecule is Cc1ccc(NC(=O)NCC(O)c2ccc(OC(C)C)cc2)s1. The number of carbonyl (C=O) groups is 1. The molecular weight excluding hydrogens is 312 g/mol. The molecule has 0 aliphatic heterocycles. The number of rotatable bonds is 6. The first-order chi connectivity index (χ1) is 10.9. The number of carbonyl (C=O) groups excluding carboxylic acids is 1. The van der Waals surface area contributed by atoms with Gasteiger partial charge in [0.05, 0.1) is 17.2 Å². The summed E-state index contributed by atoms with van der Waals surface area (Å²) >= 11 is 1.50. The molecule has 0 spiro atoms. The van der Waals surface area contributed by atoms with E-state index in [1.807, 2.05) is 45.0 Å². The van der Waals surface area contributed by atoms with Crippen molar-refractivity contribution in [2.24, 2.45) is 0 Å². The van der Waals surface area contributed by atoms with E-state index >= 15 is 0 Å². The minimum absolute atomic E-state index is 0.108. The van der Waals surface area contributed by atoms with Crippen LogP contribution in [0.2, 0.25) is 0 Å². The number of aliphatic hydroxyl groups excluding tert-OH is 1. The van der Waals surface area contributed by atoms with Gasteiger partial charge in [-0.15, -0.1) is 11.3 Å². The number of hydrogen-bond acceptors (Lipinski definition) is 4. The number of nitrogens with one attached hydrogen (secondary N) is 2. The van der Waals surface area contributed by atoms with Crippen molar-refractivity contribution in [1.29, 1.82) is 0 Å². The first kappa shape index (κ1) is 17.3. The van der Waals surface area contributed by atoms with Crippen LogP contribution in [-0.2, 0) is 0 Å². The molecule has 0 aliphatic rings. The zero-order valence-electron chi connectivity index (χ0n) is 13.5. The first-order valence-electron chi connectivity index (χ1n) is 7.50. The lowest BCUT2D eigenvalue weighted by atomic mass is 10.1. The Kier molecular flexibility index (Phi) is 6.01. The van der Waals surface area contributed by atoms with Crippen molar-refractivity contribution in [2.75, 3.05) is 11.9 Å². The fourth-order valence-corrected chi connectivity index (χ4v) is 2.77. The molecule has 3 N–H and O–H groups in total. The van der Waals surface area contributed by atoms with Crippen LogP contribution in [0.1, 0.15) is 30.4 Å². The van der Waals surface area contributed by atoms with Crippen LogP contribution in [0.5, 0.6) is 5.75 Å². The number of anilines is 1. The van der Waals surface area contributed by atoms with Crippen LogP contribution in [0.3, 0.4) is 0 Å². The van der Waals surface area contributed by atoms with Gasteiger partial charge in [-0.05, 0) is 50.6 Å². The molecule has 5 nitrogen and oxygen atoms in total. The highest BCUT2D eigenvalue weighted by molar-refractivity contribution is 7.16. The molecule has 1 aromatic heterocycles. The third-order valence-electron chi connectivity index (χ3n) is 3.07. The molecule has 1 aromatic carbocycles. The molecule has 0 saturated carbocycles. The van der Waals surface area contributed by atoms with Gasteiger partial charge in [0.2, 0.25) is 0 Å². The van der Waals surface area contributed by atoms with Crippen molar-refractivity contribution in [3.05, 3.63) is 46.8 Å². The van der Waals surface area contributed by atoms with E-state index in [4.69, 9.17) is 4.74 Å². The predicted molar refractivity (Wildman–Crippen MR) is 93.2 cm³/mol. The Morgan fingerprint density at radius 1 is 1.22 bits per heavy atom. The fourth-order valence-electron chi connectivity index (χ4n) is 2.01. The maximum absolute atomic E-state index is 11.8. The Labute approximate surface area is 140 Å². The average Bonchev–Trinajstić information content (AvgIpc) is 2.90. The van der Waals surface area contributed by atoms with Gasteiger partial charge in [-0.3, -0.25) is 5.32 Å². The van der Waals surface area contributed by atoms with Crippen LogP contribution in [-0.4, -0.2) is 23.8 Å². The van der Waals surface area contributed by atoms with Crippen molar-refractivity contribution >= 4 is 22.4 Å². The van der Waals surface area contributed by atoms with Crippen molar-refractivity contribution in [3.63, 3.8) is 0 Å². The van der Waals surface area contributed by atoms with E-state index in [-0.39, 0.29) is 18.7 Å². The topological polar surface area (TPSA) is 70.6 Å². The third-order valence-corrected chi connectivity index (χ3v) is 3.99. The van der Waals surface area contributed by atoms with Crippen LogP contribution in [0, 0.1) is 6.92 Å². The molecular formula is C17H22N2O3S. The van der Waals surface area contributed by atoms with Gasteiger partial charge in [0, 0.05) is 11.4 Å². The van der Waals surface area contributed by atoms with Gasteiger partial charge in [-0.2, -0.15) is 0 Å². The molecule has 0 radical (unpaired) electrons. The van der Waals surface area contributed by atoms with Crippen LogP contribution >= 0.6 is 11.3 Å². The maximum atomic E-state index is 11.8. The standard InChI is InChI=1S/C17H22N2O3S/c1-11(2)22-14-7-5-13(6-8-14)15(20)10-18-17(21)19-16-9-4-12(3)23-16/h4-9,11,15,20H,10H2,1-3H3,(H2,18,19,21). The summed E-state index contributed by atoms with van der Waals surface area (Å²) in [5.41, 5.74) is 0.730. The predicted octanol–water partition coefficient (Wildman–Crippen LogP) is 3.70. The van der Waals surface area contributed by atoms with E-state index in [9.17, 15) is 9.90 Å². The summed E-state index contributed by atoms with van der Waals surface area (Å²) in [5, 5.41) is 16.3. The van der Waals surface area contributed by atoms with Crippen molar-refractivity contribution in [3.8, 4) is 5.75 Å². The van der Waals surface area contributed by atoms with Gasteiger partial charge < -0.3 is 15.2 Å². The molecule has 124 valence electrons. The highest BCUT2D eigenvalue weighted by Gasteiger charge is 2.10. The molecule has 2 aromatic rings. The zero-order valence-corrected chi connectivity index (χ0v) is 14.3. The van der Waals surface area contributed by atoms with E-state index in [0.717, 1.165) is 21.2 Å². The van der Waals surface area contributed by atoms with Gasteiger partial charge in [-0.1, -0.05) is 12.1 Å². The minimum Gasteiger partial charge on any atom is -0.491 e. The lowest BCUT2D eigenvalue weighted by Crippen LogP contribution is -2.32. The first-order valence-corrected chi connectivity index (χ1v) is 8.31. The number of urea groups is 1. The molecule has 1 heterocycles. The van der Waals surface area contributed by atoms with Gasteiger partial charge in [-0.25, -0.2) is 4.79 Å². The second-order valence-electron chi connectivity index (χ2n) is 5.50. The quantitative estimate of drug-likeness (QED) is 0.754. The number of benzene rings is 1. The summed E-state index contributed by atoms with van der Waals surface area (Å²) in [5.74, 6) is 0.759. The van der Waals surface area contributed by atoms with Crippen LogP contribution in [0.4, 0.5) is 9.80 Å². The molecule has 1 atom stereocenters. The van der Waals surface area contributed by atoms with Gasteiger partial charge in [0.15, 0.2) is 0 Å². The number of ether oxygens (including phenoxy) is 1. The highest BCUT2D eigenvalue weighted by Crippen LogP contribution is 2.21. The molecule has 6 heteroatoms. The summed E-state index contributed by atoms with van der Waals surface area (Å²) in [7, 11) is 0. The molecule has 2 rings (SSSR count). The third kappa shape index (κ3) is 5.58. The fraction of sp³-hybridized carbons (Fsp3) is 0.353. The summed E-state index contributed by atoms with van der Waals surface area (Å²) in [6.07, 6.45) is -0.657. The van der Waals surface area contributed by atoms with Crippen molar-refractivity contribution in [2.45, 2.75) is 33.0 Å². The van der Waals surface area contributed by atoms with Gasteiger partial charge in [0.25, 0.3) is 0 Å². The van der Waals surface area contributed by atoms with E-state index in [0.29, 0.717) is 0 Å². The Morgan fingerprint density at radius 2 is 1.91 bits per heavy atom. The minimum atomic E-state index is -0.765. The number of amides is 2. The molecule has 1 unspecified atom stereocenters. The number of hydrogen-bond donors (Lipinski definition) is 3. The molecule has 0 aliphatic carbocycles. The number of thiophene rings is 1. The Bertz CT molecular complexity index is 638. The van der Waals surface area contributed by atoms with Crippen molar-refractivity contribution < 1.29 is 14.6 Å². The summed E-state index contributed by atoms with van der Waals surface area (Å²) in [4.78, 5) is 12.9. The highest BCUT2D eigenvalue weighted by atomic mass is 32.1.